The fraction of sp³-hybridized carbons (Fsp3) is 0. The molecule has 0 bridgehead atoms. The van der Waals surface area contributed by atoms with E-state index in [2.05, 4.69) is 252 Å². The molecule has 1 heterocycles. The van der Waals surface area contributed by atoms with E-state index in [1.54, 1.807) is 0 Å². The number of para-hydroxylation sites is 1. The zero-order valence-electron chi connectivity index (χ0n) is 33.0. The minimum atomic E-state index is 1.09. The van der Waals surface area contributed by atoms with Gasteiger partial charge >= 0.3 is 0 Å². The van der Waals surface area contributed by atoms with E-state index in [0.717, 1.165) is 28.3 Å². The van der Waals surface area contributed by atoms with E-state index in [-0.39, 0.29) is 0 Å². The van der Waals surface area contributed by atoms with E-state index in [4.69, 9.17) is 0 Å². The summed E-state index contributed by atoms with van der Waals surface area (Å²) in [6.45, 7) is 0. The Balaban J connectivity index is 0.977. The van der Waals surface area contributed by atoms with Gasteiger partial charge in [0.15, 0.2) is 0 Å². The number of aromatic nitrogens is 1. The lowest BCUT2D eigenvalue weighted by molar-refractivity contribution is 1.18. The largest absolute Gasteiger partial charge is 0.310 e. The van der Waals surface area contributed by atoms with Gasteiger partial charge in [-0.2, -0.15) is 0 Å². The molecule has 0 saturated carbocycles. The second-order valence-electron chi connectivity index (χ2n) is 15.4. The summed E-state index contributed by atoms with van der Waals surface area (Å²) >= 11 is 0. The van der Waals surface area contributed by atoms with E-state index in [0.29, 0.717) is 0 Å². The highest BCUT2D eigenvalue weighted by Gasteiger charge is 2.17. The van der Waals surface area contributed by atoms with Crippen LogP contribution in [0.25, 0.3) is 82.8 Å². The van der Waals surface area contributed by atoms with Gasteiger partial charge in [-0.3, -0.25) is 0 Å². The summed E-state index contributed by atoms with van der Waals surface area (Å²) in [5.41, 5.74) is 16.4. The third-order valence-electron chi connectivity index (χ3n) is 11.8. The van der Waals surface area contributed by atoms with Gasteiger partial charge in [0, 0.05) is 33.5 Å². The molecule has 0 aliphatic heterocycles. The van der Waals surface area contributed by atoms with Gasteiger partial charge in [0.1, 0.15) is 0 Å². The Kier molecular flexibility index (Phi) is 8.87. The Morgan fingerprint density at radius 1 is 0.267 bits per heavy atom. The molecule has 0 atom stereocenters. The van der Waals surface area contributed by atoms with Crippen molar-refractivity contribution in [2.45, 2.75) is 0 Å². The summed E-state index contributed by atoms with van der Waals surface area (Å²) in [6, 6.07) is 87.8. The van der Waals surface area contributed by atoms with Crippen molar-refractivity contribution in [2.75, 3.05) is 4.90 Å². The van der Waals surface area contributed by atoms with Crippen LogP contribution in [0.2, 0.25) is 0 Å². The van der Waals surface area contributed by atoms with Gasteiger partial charge in [-0.05, 0) is 122 Å². The fourth-order valence-corrected chi connectivity index (χ4v) is 8.84. The maximum atomic E-state index is 2.40. The molecule has 1 aromatic heterocycles. The molecular weight excluding hydrogens is 725 g/mol. The minimum Gasteiger partial charge on any atom is -0.310 e. The highest BCUT2D eigenvalue weighted by atomic mass is 15.1. The van der Waals surface area contributed by atoms with Crippen LogP contribution < -0.4 is 4.90 Å². The number of anilines is 3. The van der Waals surface area contributed by atoms with Crippen LogP contribution in [0.15, 0.2) is 243 Å². The van der Waals surface area contributed by atoms with Crippen LogP contribution in [0.3, 0.4) is 0 Å². The molecule has 11 aromatic rings. The van der Waals surface area contributed by atoms with Crippen LogP contribution in [0.4, 0.5) is 17.1 Å². The van der Waals surface area contributed by atoms with Crippen molar-refractivity contribution in [1.82, 2.24) is 4.57 Å². The van der Waals surface area contributed by atoms with E-state index < -0.39 is 0 Å². The Hall–Kier alpha value is -7.94. The summed E-state index contributed by atoms with van der Waals surface area (Å²) in [4.78, 5) is 2.36. The zero-order chi connectivity index (χ0) is 39.8. The first-order valence-electron chi connectivity index (χ1n) is 20.6. The summed E-state index contributed by atoms with van der Waals surface area (Å²) in [5, 5.41) is 5.04. The third kappa shape index (κ3) is 6.41. The van der Waals surface area contributed by atoms with Crippen LogP contribution in [-0.4, -0.2) is 4.57 Å². The first-order chi connectivity index (χ1) is 29.7. The number of rotatable bonds is 8. The molecule has 0 unspecified atom stereocenters. The predicted octanol–water partition coefficient (Wildman–Crippen LogP) is 16.1. The first kappa shape index (κ1) is 35.2. The van der Waals surface area contributed by atoms with Crippen molar-refractivity contribution < 1.29 is 0 Å². The van der Waals surface area contributed by atoms with E-state index >= 15 is 0 Å². The molecule has 2 heteroatoms. The van der Waals surface area contributed by atoms with Crippen LogP contribution >= 0.6 is 0 Å². The Morgan fingerprint density at radius 2 is 0.750 bits per heavy atom. The molecule has 0 aliphatic rings. The second-order valence-corrected chi connectivity index (χ2v) is 15.4. The van der Waals surface area contributed by atoms with Gasteiger partial charge in [-0.25, -0.2) is 0 Å². The lowest BCUT2D eigenvalue weighted by atomic mass is 9.94. The monoisotopic (exact) mass is 764 g/mol. The summed E-state index contributed by atoms with van der Waals surface area (Å²) in [7, 11) is 0. The van der Waals surface area contributed by atoms with Gasteiger partial charge < -0.3 is 9.47 Å². The van der Waals surface area contributed by atoms with Gasteiger partial charge in [0.25, 0.3) is 0 Å². The van der Waals surface area contributed by atoms with Crippen molar-refractivity contribution in [3.05, 3.63) is 243 Å². The van der Waals surface area contributed by atoms with Crippen molar-refractivity contribution >= 4 is 49.6 Å². The molecule has 10 aromatic carbocycles. The van der Waals surface area contributed by atoms with Crippen molar-refractivity contribution in [3.8, 4) is 50.2 Å². The van der Waals surface area contributed by atoms with Crippen molar-refractivity contribution in [3.63, 3.8) is 0 Å². The van der Waals surface area contributed by atoms with E-state index in [1.165, 1.54) is 71.5 Å². The highest BCUT2D eigenvalue weighted by Crippen LogP contribution is 2.40. The summed E-state index contributed by atoms with van der Waals surface area (Å²) in [6.07, 6.45) is 0. The maximum Gasteiger partial charge on any atom is 0.0547 e. The molecule has 11 rings (SSSR count). The highest BCUT2D eigenvalue weighted by molar-refractivity contribution is 6.13. The molecule has 0 amide bonds. The number of hydrogen-bond acceptors (Lipinski definition) is 1. The van der Waals surface area contributed by atoms with Crippen LogP contribution in [-0.2, 0) is 0 Å². The molecule has 0 aliphatic carbocycles. The van der Waals surface area contributed by atoms with Crippen LogP contribution in [0.5, 0.6) is 0 Å². The van der Waals surface area contributed by atoms with Crippen molar-refractivity contribution in [1.29, 1.82) is 0 Å². The van der Waals surface area contributed by atoms with Crippen molar-refractivity contribution in [2.24, 2.45) is 0 Å². The van der Waals surface area contributed by atoms with Gasteiger partial charge in [0.2, 0.25) is 0 Å². The Labute approximate surface area is 350 Å². The molecule has 282 valence electrons. The molecule has 0 fully saturated rings. The average Bonchev–Trinajstić information content (AvgIpc) is 3.65. The number of hydrogen-bond donors (Lipinski definition) is 0. The fourth-order valence-electron chi connectivity index (χ4n) is 8.84. The van der Waals surface area contributed by atoms with Crippen LogP contribution in [0, 0.1) is 0 Å². The van der Waals surface area contributed by atoms with E-state index in [9.17, 15) is 0 Å². The molecule has 0 spiro atoms. The van der Waals surface area contributed by atoms with Gasteiger partial charge in [-0.15, -0.1) is 0 Å². The Morgan fingerprint density at radius 3 is 1.43 bits per heavy atom. The molecular formula is C58H40N2. The number of benzene rings is 10. The first-order valence-corrected chi connectivity index (χ1v) is 20.6. The molecule has 0 saturated heterocycles. The SMILES string of the molecule is c1ccc(-c2ccc(N(c3ccc(-c4ccccc4-c4ccccc4)cc3)c3cccc(-c4ccc(-n5c6ccccc6c6cc7ccccc7cc65)cc4)c3)cc2)cc1. The second kappa shape index (κ2) is 15.1. The lowest BCUT2D eigenvalue weighted by Crippen LogP contribution is -2.10. The molecule has 0 radical (unpaired) electrons. The Bertz CT molecular complexity index is 3270. The van der Waals surface area contributed by atoms with Gasteiger partial charge in [0.05, 0.1) is 11.0 Å². The quantitative estimate of drug-likeness (QED) is 0.150. The normalized spacial score (nSPS) is 11.3. The molecule has 2 nitrogen and oxygen atoms in total. The van der Waals surface area contributed by atoms with Gasteiger partial charge in [-0.1, -0.05) is 176 Å². The van der Waals surface area contributed by atoms with E-state index in [1.807, 2.05) is 0 Å². The lowest BCUT2D eigenvalue weighted by Gasteiger charge is -2.26. The minimum absolute atomic E-state index is 1.09. The topological polar surface area (TPSA) is 8.17 Å². The number of nitrogens with zero attached hydrogens (tertiary/aromatic N) is 2. The zero-order valence-corrected chi connectivity index (χ0v) is 33.0. The number of fused-ring (bicyclic) bond motifs is 4. The smallest absolute Gasteiger partial charge is 0.0547 e. The third-order valence-corrected chi connectivity index (χ3v) is 11.8. The standard InChI is InChI=1S/C58H40N2/c1-3-14-41(15-4-1)42-26-32-49(33-27-42)59(50-36-30-45(31-37-50)54-23-10-9-22-53(54)44-16-5-2-6-17-44)52-21-13-20-46(38-52)43-28-34-51(35-29-43)60-57-25-12-11-24-55(57)56-39-47-18-7-8-19-48(47)40-58(56)60/h1-40H. The molecule has 60 heavy (non-hydrogen) atoms. The molecule has 0 N–H and O–H groups in total. The maximum absolute atomic E-state index is 2.40. The predicted molar refractivity (Wildman–Crippen MR) is 255 cm³/mol. The summed E-state index contributed by atoms with van der Waals surface area (Å²) in [5.74, 6) is 0. The summed E-state index contributed by atoms with van der Waals surface area (Å²) < 4.78 is 2.40. The van der Waals surface area contributed by atoms with Crippen LogP contribution in [0.1, 0.15) is 0 Å². The average molecular weight is 765 g/mol.